The van der Waals surface area contributed by atoms with Gasteiger partial charge in [-0.1, -0.05) is 80.1 Å². The molecule has 1 N–H and O–H groups in total. The summed E-state index contributed by atoms with van der Waals surface area (Å²) < 4.78 is 29.0. The van der Waals surface area contributed by atoms with E-state index in [0.29, 0.717) is 18.0 Å². The highest BCUT2D eigenvalue weighted by atomic mass is 32.2. The lowest BCUT2D eigenvalue weighted by molar-refractivity contribution is 0.0697. The molecule has 36 heavy (non-hydrogen) atoms. The fourth-order valence-corrected chi connectivity index (χ4v) is 6.57. The first kappa shape index (κ1) is 26.1. The Balaban J connectivity index is 1.69. The number of carboxylic acids is 1. The molecule has 3 aromatic carbocycles. The molecule has 0 atom stereocenters. The molecule has 1 saturated carbocycles. The van der Waals surface area contributed by atoms with E-state index in [2.05, 4.69) is 0 Å². The van der Waals surface area contributed by atoms with Crippen molar-refractivity contribution in [2.45, 2.75) is 63.8 Å². The maximum absolute atomic E-state index is 13.7. The predicted octanol–water partition coefficient (Wildman–Crippen LogP) is 6.83. The van der Waals surface area contributed by atoms with Gasteiger partial charge >= 0.3 is 5.97 Å². The third kappa shape index (κ3) is 6.05. The maximum Gasteiger partial charge on any atom is 0.336 e. The van der Waals surface area contributed by atoms with E-state index in [1.165, 1.54) is 19.3 Å². The minimum Gasteiger partial charge on any atom is -0.478 e. The Hall–Kier alpha value is -2.96. The first-order valence-electron chi connectivity index (χ1n) is 12.7. The standard InChI is InChI=1S/C30H35NO4S/c1-22-12-15-26(16-13-22)36(34,35)31(19-18-24-9-4-3-5-10-24)21-25-14-17-28(30(32)33)29(20-25)27-11-7-6-8-23(27)2/h6-8,11-17,20,24H,3-5,9-10,18-19,21H2,1-2H3,(H,32,33). The van der Waals surface area contributed by atoms with Gasteiger partial charge in [0.05, 0.1) is 10.5 Å². The number of hydrogen-bond donors (Lipinski definition) is 1. The molecular formula is C30H35NO4S. The van der Waals surface area contributed by atoms with E-state index in [0.717, 1.165) is 41.5 Å². The Morgan fingerprint density at radius 2 is 1.61 bits per heavy atom. The number of aryl methyl sites for hydroxylation is 2. The smallest absolute Gasteiger partial charge is 0.336 e. The van der Waals surface area contributed by atoms with Gasteiger partial charge in [0, 0.05) is 13.1 Å². The van der Waals surface area contributed by atoms with Crippen LogP contribution in [0, 0.1) is 19.8 Å². The number of carboxylic acid groups (broad SMARTS) is 1. The van der Waals surface area contributed by atoms with Crippen molar-refractivity contribution in [3.05, 3.63) is 89.0 Å². The fraction of sp³-hybridized carbons (Fsp3) is 0.367. The molecule has 0 heterocycles. The van der Waals surface area contributed by atoms with E-state index in [1.54, 1.807) is 28.6 Å². The molecule has 6 heteroatoms. The Morgan fingerprint density at radius 3 is 2.28 bits per heavy atom. The van der Waals surface area contributed by atoms with Crippen LogP contribution in [0.1, 0.15) is 65.6 Å². The van der Waals surface area contributed by atoms with Gasteiger partial charge in [-0.3, -0.25) is 0 Å². The van der Waals surface area contributed by atoms with Crippen molar-refractivity contribution in [2.24, 2.45) is 5.92 Å². The van der Waals surface area contributed by atoms with Crippen LogP contribution >= 0.6 is 0 Å². The van der Waals surface area contributed by atoms with Gasteiger partial charge < -0.3 is 5.11 Å². The predicted molar refractivity (Wildman–Crippen MR) is 144 cm³/mol. The van der Waals surface area contributed by atoms with Gasteiger partial charge in [-0.25, -0.2) is 13.2 Å². The quantitative estimate of drug-likeness (QED) is 0.346. The Morgan fingerprint density at radius 1 is 0.917 bits per heavy atom. The van der Waals surface area contributed by atoms with Crippen LogP contribution in [0.4, 0.5) is 0 Å². The number of aromatic carboxylic acids is 1. The van der Waals surface area contributed by atoms with Crippen LogP contribution in [0.2, 0.25) is 0 Å². The van der Waals surface area contributed by atoms with Crippen molar-refractivity contribution in [2.75, 3.05) is 6.54 Å². The Labute approximate surface area is 214 Å². The number of nitrogens with zero attached hydrogens (tertiary/aromatic N) is 1. The summed E-state index contributed by atoms with van der Waals surface area (Å²) in [6.45, 7) is 4.53. The van der Waals surface area contributed by atoms with Crippen molar-refractivity contribution in [3.8, 4) is 11.1 Å². The zero-order chi connectivity index (χ0) is 25.7. The van der Waals surface area contributed by atoms with Gasteiger partial charge in [0.2, 0.25) is 10.0 Å². The molecule has 0 amide bonds. The largest absolute Gasteiger partial charge is 0.478 e. The first-order valence-corrected chi connectivity index (χ1v) is 14.2. The molecule has 0 saturated heterocycles. The number of carbonyl (C=O) groups is 1. The van der Waals surface area contributed by atoms with Crippen molar-refractivity contribution >= 4 is 16.0 Å². The lowest BCUT2D eigenvalue weighted by Gasteiger charge is -2.27. The highest BCUT2D eigenvalue weighted by Crippen LogP contribution is 2.31. The van der Waals surface area contributed by atoms with Crippen LogP contribution in [0.5, 0.6) is 0 Å². The van der Waals surface area contributed by atoms with Gasteiger partial charge in [0.1, 0.15) is 0 Å². The molecule has 5 nitrogen and oxygen atoms in total. The minimum absolute atomic E-state index is 0.196. The van der Waals surface area contributed by atoms with Gasteiger partial charge in [-0.2, -0.15) is 4.31 Å². The summed E-state index contributed by atoms with van der Waals surface area (Å²) in [5.74, 6) is -0.451. The molecule has 0 radical (unpaired) electrons. The topological polar surface area (TPSA) is 74.7 Å². The van der Waals surface area contributed by atoms with E-state index >= 15 is 0 Å². The third-order valence-electron chi connectivity index (χ3n) is 7.28. The molecule has 1 aliphatic carbocycles. The third-order valence-corrected chi connectivity index (χ3v) is 9.14. The number of benzene rings is 3. The first-order chi connectivity index (χ1) is 17.3. The van der Waals surface area contributed by atoms with E-state index in [9.17, 15) is 18.3 Å². The van der Waals surface area contributed by atoms with Gasteiger partial charge in [0.25, 0.3) is 0 Å². The second-order valence-electron chi connectivity index (χ2n) is 9.94. The van der Waals surface area contributed by atoms with Crippen LogP contribution in [0.25, 0.3) is 11.1 Å². The zero-order valence-electron chi connectivity index (χ0n) is 21.1. The van der Waals surface area contributed by atoms with E-state index in [4.69, 9.17) is 0 Å². The molecular weight excluding hydrogens is 470 g/mol. The second-order valence-corrected chi connectivity index (χ2v) is 11.9. The Bertz CT molecular complexity index is 1310. The van der Waals surface area contributed by atoms with Gasteiger partial charge in [-0.15, -0.1) is 0 Å². The fourth-order valence-electron chi connectivity index (χ4n) is 5.12. The SMILES string of the molecule is Cc1ccc(S(=O)(=O)N(CCC2CCCCC2)Cc2ccc(C(=O)O)c(-c3ccccc3C)c2)cc1. The number of hydrogen-bond acceptors (Lipinski definition) is 3. The highest BCUT2D eigenvalue weighted by molar-refractivity contribution is 7.89. The van der Waals surface area contributed by atoms with E-state index in [-0.39, 0.29) is 17.0 Å². The summed E-state index contributed by atoms with van der Waals surface area (Å²) in [4.78, 5) is 12.3. The molecule has 0 unspecified atom stereocenters. The molecule has 0 spiro atoms. The molecule has 0 bridgehead atoms. The summed E-state index contributed by atoms with van der Waals surface area (Å²) in [7, 11) is -3.71. The summed E-state index contributed by atoms with van der Waals surface area (Å²) in [6.07, 6.45) is 6.84. The van der Waals surface area contributed by atoms with Crippen LogP contribution in [0.15, 0.2) is 71.6 Å². The normalized spacial score (nSPS) is 14.8. The lowest BCUT2D eigenvalue weighted by Crippen LogP contribution is -2.33. The molecule has 190 valence electrons. The summed E-state index contributed by atoms with van der Waals surface area (Å²) in [5, 5.41) is 9.81. The van der Waals surface area contributed by atoms with E-state index < -0.39 is 16.0 Å². The highest BCUT2D eigenvalue weighted by Gasteiger charge is 2.27. The summed E-state index contributed by atoms with van der Waals surface area (Å²) >= 11 is 0. The van der Waals surface area contributed by atoms with Crippen molar-refractivity contribution < 1.29 is 18.3 Å². The van der Waals surface area contributed by atoms with Crippen LogP contribution in [0.3, 0.4) is 0 Å². The maximum atomic E-state index is 13.7. The van der Waals surface area contributed by atoms with Gasteiger partial charge in [-0.05, 0) is 72.7 Å². The summed E-state index contributed by atoms with van der Waals surface area (Å²) in [6, 6.07) is 19.8. The average molecular weight is 506 g/mol. The van der Waals surface area contributed by atoms with E-state index in [1.807, 2.05) is 56.3 Å². The average Bonchev–Trinajstić information content (AvgIpc) is 2.87. The van der Waals surface area contributed by atoms with Crippen molar-refractivity contribution in [1.82, 2.24) is 4.31 Å². The molecule has 3 aromatic rings. The number of rotatable bonds is 9. The molecule has 0 aromatic heterocycles. The molecule has 1 aliphatic rings. The monoisotopic (exact) mass is 505 g/mol. The molecule has 0 aliphatic heterocycles. The van der Waals surface area contributed by atoms with Crippen molar-refractivity contribution in [3.63, 3.8) is 0 Å². The second kappa shape index (κ2) is 11.4. The van der Waals surface area contributed by atoms with Gasteiger partial charge in [0.15, 0.2) is 0 Å². The molecule has 4 rings (SSSR count). The Kier molecular flexibility index (Phi) is 8.27. The zero-order valence-corrected chi connectivity index (χ0v) is 21.9. The van der Waals surface area contributed by atoms with Crippen LogP contribution in [-0.2, 0) is 16.6 Å². The minimum atomic E-state index is -3.71. The number of sulfonamides is 1. The van der Waals surface area contributed by atoms with Crippen molar-refractivity contribution in [1.29, 1.82) is 0 Å². The van der Waals surface area contributed by atoms with Crippen LogP contribution in [-0.4, -0.2) is 30.3 Å². The lowest BCUT2D eigenvalue weighted by atomic mass is 9.87. The van der Waals surface area contributed by atoms with Crippen LogP contribution < -0.4 is 0 Å². The molecule has 1 fully saturated rings. The summed E-state index contributed by atoms with van der Waals surface area (Å²) in [5.41, 5.74) is 4.42.